The van der Waals surface area contributed by atoms with Crippen molar-refractivity contribution in [1.29, 1.82) is 0 Å². The van der Waals surface area contributed by atoms with Crippen LogP contribution < -0.4 is 11.3 Å². The molecule has 4 aromatic rings. The van der Waals surface area contributed by atoms with Crippen LogP contribution in [0.25, 0.3) is 28.3 Å². The van der Waals surface area contributed by atoms with Gasteiger partial charge in [-0.15, -0.1) is 0 Å². The highest BCUT2D eigenvalue weighted by atomic mass is 19.4. The van der Waals surface area contributed by atoms with Crippen LogP contribution in [0.5, 0.6) is 0 Å². The van der Waals surface area contributed by atoms with E-state index in [9.17, 15) is 26.7 Å². The Hall–Kier alpha value is -3.69. The van der Waals surface area contributed by atoms with Gasteiger partial charge in [-0.05, 0) is 24.3 Å². The summed E-state index contributed by atoms with van der Waals surface area (Å²) < 4.78 is 67.5. The summed E-state index contributed by atoms with van der Waals surface area (Å²) in [4.78, 5) is 19.3. The van der Waals surface area contributed by atoms with Crippen molar-refractivity contribution < 1.29 is 22.0 Å². The minimum Gasteiger partial charge on any atom is -0.383 e. The number of nitrogens with zero attached hydrogens (tertiary/aromatic N) is 2. The SMILES string of the molecule is Nc1cc(=O)n2c(-c3ccc(F)cc3F)c(-c3ccc(C(F)(F)F)cc3)[nH]c2n1. The van der Waals surface area contributed by atoms with E-state index in [1.807, 2.05) is 0 Å². The molecule has 0 saturated heterocycles. The lowest BCUT2D eigenvalue weighted by molar-refractivity contribution is -0.137. The van der Waals surface area contributed by atoms with Crippen molar-refractivity contribution in [2.24, 2.45) is 0 Å². The van der Waals surface area contributed by atoms with Crippen molar-refractivity contribution >= 4 is 11.6 Å². The number of fused-ring (bicyclic) bond motifs is 1. The maximum Gasteiger partial charge on any atom is 0.416 e. The van der Waals surface area contributed by atoms with E-state index in [0.29, 0.717) is 6.07 Å². The van der Waals surface area contributed by atoms with E-state index in [4.69, 9.17) is 5.73 Å². The van der Waals surface area contributed by atoms with Crippen LogP contribution in [-0.2, 0) is 6.18 Å². The van der Waals surface area contributed by atoms with Gasteiger partial charge in [0.2, 0.25) is 5.78 Å². The van der Waals surface area contributed by atoms with Crippen molar-refractivity contribution in [3.63, 3.8) is 0 Å². The number of aromatic amines is 1. The number of alkyl halides is 3. The molecule has 0 aliphatic heterocycles. The Morgan fingerprint density at radius 3 is 2.31 bits per heavy atom. The Labute approximate surface area is 159 Å². The number of aromatic nitrogens is 3. The molecular formula is C19H11F5N4O. The van der Waals surface area contributed by atoms with Gasteiger partial charge in [-0.1, -0.05) is 12.1 Å². The largest absolute Gasteiger partial charge is 0.416 e. The van der Waals surface area contributed by atoms with E-state index >= 15 is 0 Å². The van der Waals surface area contributed by atoms with E-state index in [-0.39, 0.29) is 34.1 Å². The molecule has 148 valence electrons. The molecule has 29 heavy (non-hydrogen) atoms. The van der Waals surface area contributed by atoms with Gasteiger partial charge in [-0.2, -0.15) is 18.2 Å². The average molecular weight is 406 g/mol. The molecule has 5 nitrogen and oxygen atoms in total. The van der Waals surface area contributed by atoms with Crippen LogP contribution in [0.3, 0.4) is 0 Å². The van der Waals surface area contributed by atoms with Crippen LogP contribution in [0, 0.1) is 11.6 Å². The first-order valence-electron chi connectivity index (χ1n) is 8.19. The highest BCUT2D eigenvalue weighted by molar-refractivity contribution is 5.82. The minimum absolute atomic E-state index is 0.0187. The lowest BCUT2D eigenvalue weighted by atomic mass is 10.0. The fraction of sp³-hybridized carbons (Fsp3) is 0.0526. The summed E-state index contributed by atoms with van der Waals surface area (Å²) in [7, 11) is 0. The number of hydrogen-bond acceptors (Lipinski definition) is 3. The van der Waals surface area contributed by atoms with E-state index in [2.05, 4.69) is 9.97 Å². The summed E-state index contributed by atoms with van der Waals surface area (Å²) in [5, 5.41) is 0. The topological polar surface area (TPSA) is 76.2 Å². The Morgan fingerprint density at radius 2 is 1.69 bits per heavy atom. The van der Waals surface area contributed by atoms with E-state index in [0.717, 1.165) is 34.7 Å². The number of hydrogen-bond donors (Lipinski definition) is 2. The van der Waals surface area contributed by atoms with Gasteiger partial charge >= 0.3 is 6.18 Å². The molecular weight excluding hydrogens is 395 g/mol. The first-order chi connectivity index (χ1) is 13.6. The molecule has 0 spiro atoms. The van der Waals surface area contributed by atoms with E-state index in [1.54, 1.807) is 0 Å². The second-order valence-corrected chi connectivity index (χ2v) is 6.23. The summed E-state index contributed by atoms with van der Waals surface area (Å²) in [6.45, 7) is 0. The number of anilines is 1. The summed E-state index contributed by atoms with van der Waals surface area (Å²) in [5.41, 5.74) is 4.28. The van der Waals surface area contributed by atoms with Gasteiger partial charge in [0.1, 0.15) is 17.5 Å². The Morgan fingerprint density at radius 1 is 1.00 bits per heavy atom. The standard InChI is InChI=1S/C19H11F5N4O/c20-11-5-6-12(13(21)7-11)17-16(9-1-3-10(4-2-9)19(22,23)24)27-18-26-14(25)8-15(29)28(17)18/h1-8H,25H2,(H,26,27). The first-order valence-corrected chi connectivity index (χ1v) is 8.19. The molecule has 0 bridgehead atoms. The number of nitrogens with two attached hydrogens (primary N) is 1. The monoisotopic (exact) mass is 406 g/mol. The van der Waals surface area contributed by atoms with E-state index in [1.165, 1.54) is 12.1 Å². The molecule has 4 rings (SSSR count). The van der Waals surface area contributed by atoms with Crippen LogP contribution in [0.2, 0.25) is 0 Å². The molecule has 0 aliphatic carbocycles. The number of benzene rings is 2. The molecule has 3 N–H and O–H groups in total. The normalized spacial score (nSPS) is 11.9. The molecule has 0 fully saturated rings. The molecule has 0 aliphatic rings. The highest BCUT2D eigenvalue weighted by Crippen LogP contribution is 2.35. The lowest BCUT2D eigenvalue weighted by Crippen LogP contribution is -2.15. The maximum atomic E-state index is 14.5. The molecule has 0 atom stereocenters. The number of nitrogen functional groups attached to an aromatic ring is 1. The molecule has 2 aromatic heterocycles. The van der Waals surface area contributed by atoms with Crippen molar-refractivity contribution in [2.45, 2.75) is 6.18 Å². The summed E-state index contributed by atoms with van der Waals surface area (Å²) in [6, 6.07) is 7.85. The zero-order valence-electron chi connectivity index (χ0n) is 14.4. The Balaban J connectivity index is 2.04. The summed E-state index contributed by atoms with van der Waals surface area (Å²) in [6.07, 6.45) is -4.53. The molecule has 0 amide bonds. The number of halogens is 5. The molecule has 10 heteroatoms. The van der Waals surface area contributed by atoms with Crippen molar-refractivity contribution in [3.8, 4) is 22.5 Å². The van der Waals surface area contributed by atoms with E-state index < -0.39 is 28.9 Å². The van der Waals surface area contributed by atoms with Crippen molar-refractivity contribution in [2.75, 3.05) is 5.73 Å². The van der Waals surface area contributed by atoms with Crippen LogP contribution >= 0.6 is 0 Å². The van der Waals surface area contributed by atoms with Crippen molar-refractivity contribution in [1.82, 2.24) is 14.4 Å². The second-order valence-electron chi connectivity index (χ2n) is 6.23. The fourth-order valence-electron chi connectivity index (χ4n) is 3.05. The zero-order valence-corrected chi connectivity index (χ0v) is 14.4. The van der Waals surface area contributed by atoms with Gasteiger partial charge in [0.05, 0.1) is 17.0 Å². The predicted molar refractivity (Wildman–Crippen MR) is 96.0 cm³/mol. The van der Waals surface area contributed by atoms with Gasteiger partial charge in [0.25, 0.3) is 5.56 Å². The zero-order chi connectivity index (χ0) is 20.9. The Bertz CT molecular complexity index is 1290. The second kappa shape index (κ2) is 6.43. The fourth-order valence-corrected chi connectivity index (χ4v) is 3.05. The number of nitrogens with one attached hydrogen (secondary N) is 1. The van der Waals surface area contributed by atoms with Gasteiger partial charge in [0, 0.05) is 23.3 Å². The molecule has 0 radical (unpaired) electrons. The third kappa shape index (κ3) is 3.22. The van der Waals surface area contributed by atoms with Gasteiger partial charge < -0.3 is 10.7 Å². The number of rotatable bonds is 2. The van der Waals surface area contributed by atoms with Crippen molar-refractivity contribution in [3.05, 3.63) is 76.1 Å². The van der Waals surface area contributed by atoms with Gasteiger partial charge in [-0.25, -0.2) is 13.2 Å². The van der Waals surface area contributed by atoms with Crippen LogP contribution in [-0.4, -0.2) is 14.4 Å². The Kier molecular flexibility index (Phi) is 4.14. The molecule has 0 saturated carbocycles. The highest BCUT2D eigenvalue weighted by Gasteiger charge is 2.30. The van der Waals surface area contributed by atoms with Crippen LogP contribution in [0.15, 0.2) is 53.3 Å². The molecule has 0 unspecified atom stereocenters. The smallest absolute Gasteiger partial charge is 0.383 e. The van der Waals surface area contributed by atoms with Gasteiger partial charge in [0.15, 0.2) is 0 Å². The molecule has 2 heterocycles. The first kappa shape index (κ1) is 18.7. The summed E-state index contributed by atoms with van der Waals surface area (Å²) >= 11 is 0. The quantitative estimate of drug-likeness (QED) is 0.489. The van der Waals surface area contributed by atoms with Gasteiger partial charge in [-0.3, -0.25) is 4.79 Å². The molecule has 2 aromatic carbocycles. The minimum atomic E-state index is -4.53. The summed E-state index contributed by atoms with van der Waals surface area (Å²) in [5.74, 6) is -1.91. The van der Waals surface area contributed by atoms with Crippen LogP contribution in [0.1, 0.15) is 5.56 Å². The maximum absolute atomic E-state index is 14.5. The lowest BCUT2D eigenvalue weighted by Gasteiger charge is -2.09. The average Bonchev–Trinajstić information content (AvgIpc) is 3.00. The number of H-pyrrole nitrogens is 1. The van der Waals surface area contributed by atoms with Crippen LogP contribution in [0.4, 0.5) is 27.8 Å². The third-order valence-electron chi connectivity index (χ3n) is 4.32. The third-order valence-corrected chi connectivity index (χ3v) is 4.32. The predicted octanol–water partition coefficient (Wildman–Crippen LogP) is 4.24. The number of imidazole rings is 1.